The summed E-state index contributed by atoms with van der Waals surface area (Å²) in [6.45, 7) is 0. The van der Waals surface area contributed by atoms with Crippen molar-refractivity contribution in [3.05, 3.63) is 0 Å². The molecule has 0 aromatic rings. The molecule has 0 atom stereocenters. The second kappa shape index (κ2) is 30.2. The van der Waals surface area contributed by atoms with Crippen LogP contribution in [0.5, 0.6) is 0 Å². The van der Waals surface area contributed by atoms with E-state index in [0.29, 0.717) is 0 Å². The maximum atomic E-state index is 8.42. The van der Waals surface area contributed by atoms with E-state index in [-0.39, 0.29) is 94.2 Å². The fraction of sp³-hybridized carbons (Fsp3) is 0. The van der Waals surface area contributed by atoms with Gasteiger partial charge in [-0.15, -0.1) is 0 Å². The van der Waals surface area contributed by atoms with Crippen molar-refractivity contribution in [3.63, 3.8) is 0 Å². The Morgan fingerprint density at radius 3 is 0.467 bits per heavy atom. The van der Waals surface area contributed by atoms with E-state index in [2.05, 4.69) is 0 Å². The first-order valence-electron chi connectivity index (χ1n) is 2.12. The van der Waals surface area contributed by atoms with E-state index in [1.54, 1.807) is 0 Å². The number of hydrogen-bond donors (Lipinski definition) is 0. The molecule has 0 bridgehead atoms. The van der Waals surface area contributed by atoms with Gasteiger partial charge in [-0.3, -0.25) is 22.0 Å². The summed E-state index contributed by atoms with van der Waals surface area (Å²) in [6.07, 6.45) is 0. The Labute approximate surface area is 159 Å². The van der Waals surface area contributed by atoms with Crippen LogP contribution in [0.1, 0.15) is 0 Å². The molecule has 0 amide bonds. The van der Waals surface area contributed by atoms with Crippen molar-refractivity contribution in [1.82, 2.24) is 0 Å². The Hall–Kier alpha value is 3.00. The third-order valence-electron chi connectivity index (χ3n) is 0. The van der Waals surface area contributed by atoms with Gasteiger partial charge in [-0.1, -0.05) is 0 Å². The van der Waals surface area contributed by atoms with Gasteiger partial charge in [0, 0.05) is 0 Å². The van der Waals surface area contributed by atoms with Crippen LogP contribution in [0, 0.1) is 35.6 Å². The van der Waals surface area contributed by atoms with E-state index in [1.165, 1.54) is 0 Å². The zero-order valence-electron chi connectivity index (χ0n) is 7.14. The summed E-state index contributed by atoms with van der Waals surface area (Å²) in [4.78, 5) is 0. The Kier molecular flexibility index (Phi) is 72.8. The quantitative estimate of drug-likeness (QED) is 0.321. The smallest absolute Gasteiger partial charge is 0.907 e. The zero-order valence-corrected chi connectivity index (χ0v) is 15.4. The van der Waals surface area contributed by atoms with Crippen molar-refractivity contribution < 1.29 is 139 Å². The third-order valence-corrected chi connectivity index (χ3v) is 0. The Balaban J connectivity index is -0.0000000184. The molecule has 0 aliphatic carbocycles. The molecule has 15 heteroatoms. The van der Waals surface area contributed by atoms with Crippen molar-refractivity contribution in [1.29, 1.82) is 0 Å². The minimum Gasteiger partial charge on any atom is -0.907 e. The molecular formula is B3LaO9ScY. The minimum atomic E-state index is -2.92. The van der Waals surface area contributed by atoms with E-state index < -0.39 is 22.0 Å². The van der Waals surface area contributed by atoms with E-state index in [1.807, 2.05) is 0 Å². The summed E-state index contributed by atoms with van der Waals surface area (Å²) >= 11 is 0. The van der Waals surface area contributed by atoms with Crippen molar-refractivity contribution in [2.45, 2.75) is 0 Å². The number of hydrogen-bond acceptors (Lipinski definition) is 9. The standard InChI is InChI=1S/3BO3.La.Sc.Y/c3*2-1(3)4;;;/q3*-3;3*+3. The molecule has 0 saturated heterocycles. The first-order chi connectivity index (χ1) is 5.20. The molecule has 0 saturated carbocycles. The monoisotopic (exact) mass is 450 g/mol. The summed E-state index contributed by atoms with van der Waals surface area (Å²) in [6, 6.07) is 0. The molecule has 72 valence electrons. The van der Waals surface area contributed by atoms with Crippen LogP contribution in [0.2, 0.25) is 0 Å². The van der Waals surface area contributed by atoms with Crippen LogP contribution < -0.4 is 45.2 Å². The Bertz CT molecular complexity index is 53.8. The molecule has 0 radical (unpaired) electrons. The molecule has 0 N–H and O–H groups in total. The Morgan fingerprint density at radius 2 is 0.467 bits per heavy atom. The molecule has 0 aliphatic rings. The van der Waals surface area contributed by atoms with Crippen molar-refractivity contribution in [3.8, 4) is 0 Å². The third kappa shape index (κ3) is 424. The van der Waals surface area contributed by atoms with Gasteiger partial charge >= 0.3 is 94.2 Å². The van der Waals surface area contributed by atoms with Gasteiger partial charge in [0.1, 0.15) is 0 Å². The first kappa shape index (κ1) is 36.1. The largest absolute Gasteiger partial charge is 3.00 e. The SMILES string of the molecule is [La+3].[O-]B([O-])[O-].[O-]B([O-])[O-].[O-]B([O-])[O-].[Sc+3].[Y+3]. The molecular weight excluding hydrogens is 449 g/mol. The summed E-state index contributed by atoms with van der Waals surface area (Å²) in [5, 5.41) is 75.8. The molecule has 0 unspecified atom stereocenters. The van der Waals surface area contributed by atoms with Crippen molar-refractivity contribution >= 4 is 22.0 Å². The van der Waals surface area contributed by atoms with E-state index in [0.717, 1.165) is 0 Å². The molecule has 0 aromatic carbocycles. The van der Waals surface area contributed by atoms with Gasteiger partial charge in [-0.2, -0.15) is 0 Å². The van der Waals surface area contributed by atoms with Crippen LogP contribution in [0.25, 0.3) is 0 Å². The molecule has 0 rings (SSSR count). The fourth-order valence-corrected chi connectivity index (χ4v) is 0. The van der Waals surface area contributed by atoms with E-state index >= 15 is 0 Å². The average molecular weight is 449 g/mol. The summed E-state index contributed by atoms with van der Waals surface area (Å²) in [5.74, 6) is 0. The van der Waals surface area contributed by atoms with Crippen LogP contribution in [0.3, 0.4) is 0 Å². The molecule has 0 aliphatic heterocycles. The molecule has 9 nitrogen and oxygen atoms in total. The van der Waals surface area contributed by atoms with Crippen LogP contribution in [0.15, 0.2) is 0 Å². The van der Waals surface area contributed by atoms with Crippen molar-refractivity contribution in [2.75, 3.05) is 0 Å². The van der Waals surface area contributed by atoms with Crippen LogP contribution in [-0.2, 0) is 58.6 Å². The minimum absolute atomic E-state index is 0. The normalized spacial score (nSPS) is 5.40. The second-order valence-corrected chi connectivity index (χ2v) is 0.866. The van der Waals surface area contributed by atoms with Gasteiger partial charge in [-0.05, 0) is 0 Å². The van der Waals surface area contributed by atoms with Gasteiger partial charge in [0.05, 0.1) is 0 Å². The molecule has 0 aromatic heterocycles. The van der Waals surface area contributed by atoms with Gasteiger partial charge < -0.3 is 45.2 Å². The van der Waals surface area contributed by atoms with Gasteiger partial charge in [0.15, 0.2) is 0 Å². The summed E-state index contributed by atoms with van der Waals surface area (Å²) in [5.41, 5.74) is 0. The van der Waals surface area contributed by atoms with Crippen LogP contribution in [-0.4, -0.2) is 22.0 Å². The predicted molar refractivity (Wildman–Crippen MR) is 17.3 cm³/mol. The molecule has 15 heavy (non-hydrogen) atoms. The van der Waals surface area contributed by atoms with Crippen molar-refractivity contribution in [2.24, 2.45) is 0 Å². The van der Waals surface area contributed by atoms with Gasteiger partial charge in [0.2, 0.25) is 0 Å². The predicted octanol–water partition coefficient (Wildman–Crippen LogP) is -11.8. The maximum absolute atomic E-state index is 8.42. The van der Waals surface area contributed by atoms with Gasteiger partial charge in [0.25, 0.3) is 0 Å². The fourth-order valence-electron chi connectivity index (χ4n) is 0. The topological polar surface area (TPSA) is 208 Å². The Morgan fingerprint density at radius 1 is 0.467 bits per heavy atom. The second-order valence-electron chi connectivity index (χ2n) is 0.866. The van der Waals surface area contributed by atoms with E-state index in [9.17, 15) is 0 Å². The van der Waals surface area contributed by atoms with Crippen LogP contribution >= 0.6 is 0 Å². The van der Waals surface area contributed by atoms with E-state index in [4.69, 9.17) is 45.2 Å². The molecule has 0 spiro atoms. The maximum Gasteiger partial charge on any atom is 3.00 e. The average Bonchev–Trinajstić information content (AvgIpc) is 1.54. The molecule has 0 fully saturated rings. The first-order valence-corrected chi connectivity index (χ1v) is 2.12. The summed E-state index contributed by atoms with van der Waals surface area (Å²) < 4.78 is 0. The van der Waals surface area contributed by atoms with Gasteiger partial charge in [-0.25, -0.2) is 0 Å². The summed E-state index contributed by atoms with van der Waals surface area (Å²) in [7, 11) is -8.75. The molecule has 0 heterocycles. The van der Waals surface area contributed by atoms with Crippen LogP contribution in [0.4, 0.5) is 0 Å². The zero-order chi connectivity index (χ0) is 10.7. The number of rotatable bonds is 0.